The van der Waals surface area contributed by atoms with Crippen molar-refractivity contribution in [2.24, 2.45) is 0 Å². The average Bonchev–Trinajstić information content (AvgIpc) is 2.93. The van der Waals surface area contributed by atoms with Crippen LogP contribution in [-0.2, 0) is 0 Å². The summed E-state index contributed by atoms with van der Waals surface area (Å²) in [6, 6.07) is 8.54. The van der Waals surface area contributed by atoms with Gasteiger partial charge in [-0.2, -0.15) is 5.26 Å². The highest BCUT2D eigenvalue weighted by atomic mass is 32.2. The lowest BCUT2D eigenvalue weighted by molar-refractivity contribution is 0.262. The van der Waals surface area contributed by atoms with Gasteiger partial charge in [-0.05, 0) is 24.3 Å². The largest absolute Gasteiger partial charge is 0.497 e. The maximum atomic E-state index is 11.8. The van der Waals surface area contributed by atoms with Gasteiger partial charge < -0.3 is 10.1 Å². The second-order valence-corrected chi connectivity index (χ2v) is 5.83. The molecule has 0 aliphatic rings. The molecule has 0 aliphatic carbocycles. The van der Waals surface area contributed by atoms with Crippen molar-refractivity contribution in [1.82, 2.24) is 10.2 Å². The monoisotopic (exact) mass is 321 g/mol. The summed E-state index contributed by atoms with van der Waals surface area (Å²) in [5, 5.41) is 21.8. The van der Waals surface area contributed by atoms with Crippen LogP contribution in [0.1, 0.15) is 0 Å². The van der Waals surface area contributed by atoms with Gasteiger partial charge in [0.1, 0.15) is 5.75 Å². The Morgan fingerprint density at radius 3 is 2.81 bits per heavy atom. The number of methoxy groups -OCH3 is 1. The number of amides is 2. The Labute approximate surface area is 129 Å². The SMILES string of the molecule is COc1ccc(NC(=O)Nc2nnc(SCC#N)s2)cc1. The number of rotatable bonds is 5. The number of hydrogen-bond acceptors (Lipinski definition) is 7. The third kappa shape index (κ3) is 4.62. The van der Waals surface area contributed by atoms with Crippen LogP contribution in [0, 0.1) is 11.3 Å². The van der Waals surface area contributed by atoms with E-state index in [1.54, 1.807) is 31.4 Å². The van der Waals surface area contributed by atoms with E-state index >= 15 is 0 Å². The van der Waals surface area contributed by atoms with Gasteiger partial charge in [0.15, 0.2) is 4.34 Å². The molecule has 0 fully saturated rings. The van der Waals surface area contributed by atoms with Crippen molar-refractivity contribution >= 4 is 39.9 Å². The molecule has 0 radical (unpaired) electrons. The molecule has 2 aromatic rings. The lowest BCUT2D eigenvalue weighted by Gasteiger charge is -2.05. The maximum Gasteiger partial charge on any atom is 0.325 e. The van der Waals surface area contributed by atoms with Gasteiger partial charge in [0.2, 0.25) is 5.13 Å². The number of aromatic nitrogens is 2. The quantitative estimate of drug-likeness (QED) is 0.649. The molecule has 21 heavy (non-hydrogen) atoms. The summed E-state index contributed by atoms with van der Waals surface area (Å²) in [5.74, 6) is 1.01. The van der Waals surface area contributed by atoms with Crippen LogP contribution in [0.15, 0.2) is 28.6 Å². The van der Waals surface area contributed by atoms with Crippen molar-refractivity contribution in [3.05, 3.63) is 24.3 Å². The normalized spacial score (nSPS) is 9.71. The Bertz CT molecular complexity index is 650. The van der Waals surface area contributed by atoms with E-state index in [0.29, 0.717) is 26.7 Å². The van der Waals surface area contributed by atoms with E-state index in [1.807, 2.05) is 6.07 Å². The first-order chi connectivity index (χ1) is 10.2. The first-order valence-electron chi connectivity index (χ1n) is 5.76. The molecule has 2 rings (SSSR count). The van der Waals surface area contributed by atoms with Gasteiger partial charge in [0, 0.05) is 5.69 Å². The van der Waals surface area contributed by atoms with E-state index < -0.39 is 6.03 Å². The molecule has 0 atom stereocenters. The van der Waals surface area contributed by atoms with Crippen LogP contribution in [0.5, 0.6) is 5.75 Å². The number of hydrogen-bond donors (Lipinski definition) is 2. The molecular weight excluding hydrogens is 310 g/mol. The topological polar surface area (TPSA) is 99.9 Å². The van der Waals surface area contributed by atoms with Crippen molar-refractivity contribution in [3.63, 3.8) is 0 Å². The van der Waals surface area contributed by atoms with Gasteiger partial charge in [-0.15, -0.1) is 10.2 Å². The molecule has 0 unspecified atom stereocenters. The smallest absolute Gasteiger partial charge is 0.325 e. The lowest BCUT2D eigenvalue weighted by Crippen LogP contribution is -2.19. The summed E-state index contributed by atoms with van der Waals surface area (Å²) < 4.78 is 5.67. The summed E-state index contributed by atoms with van der Waals surface area (Å²) in [6.07, 6.45) is 0. The first kappa shape index (κ1) is 15.1. The third-order valence-electron chi connectivity index (χ3n) is 2.24. The standard InChI is InChI=1S/C12H11N5O2S2/c1-19-9-4-2-8(3-5-9)14-10(18)15-11-16-17-12(21-11)20-7-6-13/h2-5H,7H2,1H3,(H2,14,15,16,18). The fourth-order valence-electron chi connectivity index (χ4n) is 1.35. The molecule has 9 heteroatoms. The van der Waals surface area contributed by atoms with Gasteiger partial charge in [0.25, 0.3) is 0 Å². The summed E-state index contributed by atoms with van der Waals surface area (Å²) in [5.41, 5.74) is 0.636. The van der Waals surface area contributed by atoms with Gasteiger partial charge in [-0.25, -0.2) is 4.79 Å². The molecule has 108 valence electrons. The average molecular weight is 321 g/mol. The highest BCUT2D eigenvalue weighted by Crippen LogP contribution is 2.25. The number of nitriles is 1. The Morgan fingerprint density at radius 2 is 2.14 bits per heavy atom. The zero-order valence-electron chi connectivity index (χ0n) is 11.0. The molecule has 2 N–H and O–H groups in total. The predicted molar refractivity (Wildman–Crippen MR) is 81.9 cm³/mol. The Hall–Kier alpha value is -2.31. The van der Waals surface area contributed by atoms with E-state index in [9.17, 15) is 4.79 Å². The molecule has 1 aromatic heterocycles. The van der Waals surface area contributed by atoms with Crippen molar-refractivity contribution in [2.45, 2.75) is 4.34 Å². The van der Waals surface area contributed by atoms with Crippen LogP contribution in [0.4, 0.5) is 15.6 Å². The van der Waals surface area contributed by atoms with Crippen molar-refractivity contribution < 1.29 is 9.53 Å². The number of benzene rings is 1. The molecular formula is C12H11N5O2S2. The van der Waals surface area contributed by atoms with Crippen LogP contribution < -0.4 is 15.4 Å². The summed E-state index contributed by atoms with van der Waals surface area (Å²) in [7, 11) is 1.58. The molecule has 0 spiro atoms. The second-order valence-electron chi connectivity index (χ2n) is 3.63. The van der Waals surface area contributed by atoms with Gasteiger partial charge >= 0.3 is 6.03 Å². The number of carbonyl (C=O) groups excluding carboxylic acids is 1. The summed E-state index contributed by atoms with van der Waals surface area (Å²) in [6.45, 7) is 0. The van der Waals surface area contributed by atoms with E-state index in [1.165, 1.54) is 23.1 Å². The molecule has 0 saturated carbocycles. The van der Waals surface area contributed by atoms with Crippen molar-refractivity contribution in [2.75, 3.05) is 23.5 Å². The minimum absolute atomic E-state index is 0.298. The Balaban J connectivity index is 1.88. The highest BCUT2D eigenvalue weighted by molar-refractivity contribution is 8.01. The lowest BCUT2D eigenvalue weighted by atomic mass is 10.3. The van der Waals surface area contributed by atoms with E-state index in [0.717, 1.165) is 0 Å². The molecule has 0 aliphatic heterocycles. The van der Waals surface area contributed by atoms with Crippen LogP contribution in [0.2, 0.25) is 0 Å². The Kier molecular flexibility index (Phi) is 5.36. The van der Waals surface area contributed by atoms with Crippen LogP contribution in [-0.4, -0.2) is 29.1 Å². The molecule has 1 aromatic carbocycles. The van der Waals surface area contributed by atoms with E-state index in [2.05, 4.69) is 20.8 Å². The number of nitrogens with zero attached hydrogens (tertiary/aromatic N) is 3. The summed E-state index contributed by atoms with van der Waals surface area (Å²) >= 11 is 2.49. The van der Waals surface area contributed by atoms with Crippen LogP contribution in [0.3, 0.4) is 0 Å². The molecule has 0 bridgehead atoms. The fraction of sp³-hybridized carbons (Fsp3) is 0.167. The third-order valence-corrected chi connectivity index (χ3v) is 4.07. The molecule has 7 nitrogen and oxygen atoms in total. The summed E-state index contributed by atoms with van der Waals surface area (Å²) in [4.78, 5) is 11.8. The van der Waals surface area contributed by atoms with Gasteiger partial charge in [-0.1, -0.05) is 23.1 Å². The maximum absolute atomic E-state index is 11.8. The first-order valence-corrected chi connectivity index (χ1v) is 7.57. The zero-order valence-corrected chi connectivity index (χ0v) is 12.6. The van der Waals surface area contributed by atoms with Crippen LogP contribution in [0.25, 0.3) is 0 Å². The van der Waals surface area contributed by atoms with Crippen molar-refractivity contribution in [3.8, 4) is 11.8 Å². The number of nitrogens with one attached hydrogen (secondary N) is 2. The second kappa shape index (κ2) is 7.47. The Morgan fingerprint density at radius 1 is 1.38 bits per heavy atom. The molecule has 2 amide bonds. The van der Waals surface area contributed by atoms with Crippen LogP contribution >= 0.6 is 23.1 Å². The van der Waals surface area contributed by atoms with E-state index in [4.69, 9.17) is 10.00 Å². The number of ether oxygens (including phenoxy) is 1. The fourth-order valence-corrected chi connectivity index (χ4v) is 2.75. The van der Waals surface area contributed by atoms with E-state index in [-0.39, 0.29) is 0 Å². The number of anilines is 2. The predicted octanol–water partition coefficient (Wildman–Crippen LogP) is 2.81. The van der Waals surface area contributed by atoms with Gasteiger partial charge in [0.05, 0.1) is 18.9 Å². The minimum atomic E-state index is -0.409. The molecule has 0 saturated heterocycles. The highest BCUT2D eigenvalue weighted by Gasteiger charge is 2.08. The number of carbonyl (C=O) groups is 1. The number of thioether (sulfide) groups is 1. The minimum Gasteiger partial charge on any atom is -0.497 e. The van der Waals surface area contributed by atoms with Crippen molar-refractivity contribution in [1.29, 1.82) is 5.26 Å². The van der Waals surface area contributed by atoms with Gasteiger partial charge in [-0.3, -0.25) is 5.32 Å². The molecule has 1 heterocycles. The zero-order chi connectivity index (χ0) is 15.1. The number of urea groups is 1.